The van der Waals surface area contributed by atoms with Gasteiger partial charge in [0.05, 0.1) is 11.6 Å². The number of hydrogen-bond donors (Lipinski definition) is 0. The number of piperazine rings is 1. The lowest BCUT2D eigenvalue weighted by Gasteiger charge is -2.37. The lowest BCUT2D eigenvalue weighted by Crippen LogP contribution is -2.49. The number of carbonyl (C=O) groups excluding carboxylic acids is 2. The average Bonchev–Trinajstić information content (AvgIpc) is 2.67. The number of amides is 1. The Kier molecular flexibility index (Phi) is 5.04. The van der Waals surface area contributed by atoms with E-state index < -0.39 is 0 Å². The summed E-state index contributed by atoms with van der Waals surface area (Å²) in [5, 5.41) is 9.14. The number of Topliss-reactive ketones (excluding diaryl/α,β-unsaturated/α-hetero) is 1. The topological polar surface area (TPSA) is 64.4 Å². The number of nitrogens with zero attached hydrogens (tertiary/aromatic N) is 3. The first-order valence-electron chi connectivity index (χ1n) is 8.65. The maximum absolute atomic E-state index is 12.6. The molecule has 1 aliphatic rings. The molecule has 5 heteroatoms. The Balaban J connectivity index is 1.74. The van der Waals surface area contributed by atoms with E-state index in [1.807, 2.05) is 36.1 Å². The van der Waals surface area contributed by atoms with Crippen LogP contribution in [0.2, 0.25) is 0 Å². The third kappa shape index (κ3) is 3.60. The predicted molar refractivity (Wildman–Crippen MR) is 100 cm³/mol. The highest BCUT2D eigenvalue weighted by molar-refractivity contribution is 6.00. The maximum atomic E-state index is 12.6. The van der Waals surface area contributed by atoms with Crippen molar-refractivity contribution in [2.45, 2.75) is 13.8 Å². The number of aryl methyl sites for hydroxylation is 1. The molecule has 2 aromatic carbocycles. The number of hydrogen-bond acceptors (Lipinski definition) is 4. The van der Waals surface area contributed by atoms with E-state index in [4.69, 9.17) is 5.26 Å². The van der Waals surface area contributed by atoms with E-state index in [0.717, 1.165) is 11.3 Å². The van der Waals surface area contributed by atoms with Gasteiger partial charge in [0.1, 0.15) is 0 Å². The fourth-order valence-electron chi connectivity index (χ4n) is 3.19. The van der Waals surface area contributed by atoms with E-state index in [2.05, 4.69) is 11.0 Å². The zero-order valence-corrected chi connectivity index (χ0v) is 15.0. The summed E-state index contributed by atoms with van der Waals surface area (Å²) in [4.78, 5) is 28.5. The first-order chi connectivity index (χ1) is 12.5. The Bertz CT molecular complexity index is 873. The summed E-state index contributed by atoms with van der Waals surface area (Å²) >= 11 is 0. The zero-order chi connectivity index (χ0) is 18.7. The summed E-state index contributed by atoms with van der Waals surface area (Å²) in [6.45, 7) is 5.96. The van der Waals surface area contributed by atoms with Crippen LogP contribution in [0.3, 0.4) is 0 Å². The van der Waals surface area contributed by atoms with Crippen molar-refractivity contribution in [3.05, 3.63) is 64.7 Å². The second-order valence-corrected chi connectivity index (χ2v) is 6.55. The molecule has 26 heavy (non-hydrogen) atoms. The van der Waals surface area contributed by atoms with E-state index in [1.165, 1.54) is 6.92 Å². The van der Waals surface area contributed by atoms with Gasteiger partial charge in [-0.3, -0.25) is 9.59 Å². The average molecular weight is 347 g/mol. The molecule has 0 atom stereocenters. The van der Waals surface area contributed by atoms with Crippen LogP contribution in [0.15, 0.2) is 42.5 Å². The van der Waals surface area contributed by atoms with Gasteiger partial charge in [-0.2, -0.15) is 5.26 Å². The van der Waals surface area contributed by atoms with Crippen molar-refractivity contribution < 1.29 is 9.59 Å². The lowest BCUT2D eigenvalue weighted by molar-refractivity contribution is 0.0746. The molecule has 1 amide bonds. The highest BCUT2D eigenvalue weighted by Crippen LogP contribution is 2.24. The van der Waals surface area contributed by atoms with E-state index in [0.29, 0.717) is 42.9 Å². The first-order valence-corrected chi connectivity index (χ1v) is 8.65. The quantitative estimate of drug-likeness (QED) is 0.801. The minimum Gasteiger partial charge on any atom is -0.367 e. The number of nitriles is 1. The summed E-state index contributed by atoms with van der Waals surface area (Å²) in [5.74, 6) is 0.00451. The fraction of sp³-hybridized carbons (Fsp3) is 0.286. The molecule has 3 rings (SSSR count). The first kappa shape index (κ1) is 17.7. The predicted octanol–water partition coefficient (Wildman–Crippen LogP) is 3.03. The van der Waals surface area contributed by atoms with Gasteiger partial charge in [0, 0.05) is 43.0 Å². The molecule has 0 unspecified atom stereocenters. The molecular weight excluding hydrogens is 326 g/mol. The second kappa shape index (κ2) is 7.40. The van der Waals surface area contributed by atoms with Gasteiger partial charge >= 0.3 is 0 Å². The van der Waals surface area contributed by atoms with Crippen molar-refractivity contribution in [1.29, 1.82) is 5.26 Å². The highest BCUT2D eigenvalue weighted by atomic mass is 16.2. The monoisotopic (exact) mass is 347 g/mol. The van der Waals surface area contributed by atoms with Crippen LogP contribution in [0, 0.1) is 18.3 Å². The smallest absolute Gasteiger partial charge is 0.253 e. The Labute approximate surface area is 153 Å². The third-order valence-electron chi connectivity index (χ3n) is 4.71. The van der Waals surface area contributed by atoms with E-state index in [-0.39, 0.29) is 11.7 Å². The van der Waals surface area contributed by atoms with Crippen LogP contribution in [-0.4, -0.2) is 42.8 Å². The Morgan fingerprint density at radius 2 is 1.65 bits per heavy atom. The molecule has 1 saturated heterocycles. The Morgan fingerprint density at radius 3 is 2.23 bits per heavy atom. The molecule has 0 radical (unpaired) electrons. The summed E-state index contributed by atoms with van der Waals surface area (Å²) in [7, 11) is 0. The van der Waals surface area contributed by atoms with Crippen LogP contribution in [0.5, 0.6) is 0 Å². The Hall–Kier alpha value is -3.13. The van der Waals surface area contributed by atoms with Gasteiger partial charge < -0.3 is 9.80 Å². The van der Waals surface area contributed by atoms with Crippen molar-refractivity contribution in [2.24, 2.45) is 0 Å². The van der Waals surface area contributed by atoms with Crippen molar-refractivity contribution >= 4 is 17.4 Å². The van der Waals surface area contributed by atoms with Crippen LogP contribution in [0.25, 0.3) is 0 Å². The molecule has 1 heterocycles. The van der Waals surface area contributed by atoms with Crippen molar-refractivity contribution in [1.82, 2.24) is 4.90 Å². The van der Waals surface area contributed by atoms with E-state index in [1.54, 1.807) is 18.2 Å². The van der Waals surface area contributed by atoms with Crippen molar-refractivity contribution in [3.63, 3.8) is 0 Å². The number of anilines is 1. The van der Waals surface area contributed by atoms with Crippen LogP contribution in [-0.2, 0) is 0 Å². The molecule has 1 fully saturated rings. The van der Waals surface area contributed by atoms with Crippen LogP contribution in [0.1, 0.15) is 38.8 Å². The second-order valence-electron chi connectivity index (χ2n) is 6.55. The maximum Gasteiger partial charge on any atom is 0.253 e. The van der Waals surface area contributed by atoms with Gasteiger partial charge in [-0.15, -0.1) is 0 Å². The normalized spacial score (nSPS) is 14.0. The SMILES string of the molecule is CC(=O)c1ccc(C#N)cc1N1CCN(C(=O)c2ccc(C)cc2)CC1. The lowest BCUT2D eigenvalue weighted by atomic mass is 10.0. The van der Waals surface area contributed by atoms with E-state index in [9.17, 15) is 9.59 Å². The van der Waals surface area contributed by atoms with Gasteiger partial charge in [0.2, 0.25) is 0 Å². The zero-order valence-electron chi connectivity index (χ0n) is 15.0. The van der Waals surface area contributed by atoms with Crippen LogP contribution < -0.4 is 4.90 Å². The van der Waals surface area contributed by atoms with Gasteiger partial charge in [0.15, 0.2) is 5.78 Å². The van der Waals surface area contributed by atoms with Crippen molar-refractivity contribution in [3.8, 4) is 6.07 Å². The molecule has 0 aliphatic carbocycles. The number of ketones is 1. The van der Waals surface area contributed by atoms with Gasteiger partial charge in [-0.1, -0.05) is 17.7 Å². The minimum atomic E-state index is -0.0253. The van der Waals surface area contributed by atoms with E-state index >= 15 is 0 Å². The molecule has 0 bridgehead atoms. The molecule has 0 spiro atoms. The van der Waals surface area contributed by atoms with Gasteiger partial charge in [0.25, 0.3) is 5.91 Å². The standard InChI is InChI=1S/C21H21N3O2/c1-15-3-6-18(7-4-15)21(26)24-11-9-23(10-12-24)20-13-17(14-22)5-8-19(20)16(2)25/h3-8,13H,9-12H2,1-2H3. The van der Waals surface area contributed by atoms with Gasteiger partial charge in [-0.05, 0) is 44.2 Å². The van der Waals surface area contributed by atoms with Crippen LogP contribution in [0.4, 0.5) is 5.69 Å². The molecule has 0 aromatic heterocycles. The minimum absolute atomic E-state index is 0.0253. The largest absolute Gasteiger partial charge is 0.367 e. The Morgan fingerprint density at radius 1 is 1.00 bits per heavy atom. The fourth-order valence-corrected chi connectivity index (χ4v) is 3.19. The summed E-state index contributed by atoms with van der Waals surface area (Å²) in [6.07, 6.45) is 0. The molecule has 0 N–H and O–H groups in total. The summed E-state index contributed by atoms with van der Waals surface area (Å²) in [6, 6.07) is 14.8. The molecule has 132 valence electrons. The molecule has 0 saturated carbocycles. The van der Waals surface area contributed by atoms with Gasteiger partial charge in [-0.25, -0.2) is 0 Å². The molecule has 1 aliphatic heterocycles. The summed E-state index contributed by atoms with van der Waals surface area (Å²) < 4.78 is 0. The van der Waals surface area contributed by atoms with Crippen LogP contribution >= 0.6 is 0 Å². The third-order valence-corrected chi connectivity index (χ3v) is 4.71. The molecular formula is C21H21N3O2. The molecule has 5 nitrogen and oxygen atoms in total. The number of carbonyl (C=O) groups is 2. The van der Waals surface area contributed by atoms with Crippen molar-refractivity contribution in [2.75, 3.05) is 31.1 Å². The summed E-state index contributed by atoms with van der Waals surface area (Å²) in [5.41, 5.74) is 3.74. The highest BCUT2D eigenvalue weighted by Gasteiger charge is 2.24. The number of benzene rings is 2. The number of rotatable bonds is 3. The molecule has 2 aromatic rings.